The van der Waals surface area contributed by atoms with Gasteiger partial charge in [0.05, 0.1) is 16.2 Å². The Morgan fingerprint density at radius 3 is 2.76 bits per heavy atom. The molecule has 0 saturated carbocycles. The van der Waals surface area contributed by atoms with Crippen LogP contribution in [0.15, 0.2) is 18.2 Å². The van der Waals surface area contributed by atoms with Crippen molar-refractivity contribution in [3.8, 4) is 6.07 Å². The zero-order chi connectivity index (χ0) is 18.6. The fraction of sp³-hybridized carbons (Fsp3) is 0.286. The molecule has 0 radical (unpaired) electrons. The number of hydrogen-bond donors (Lipinski definition) is 3. The van der Waals surface area contributed by atoms with Crippen molar-refractivity contribution in [1.82, 2.24) is 10.2 Å². The Hall–Kier alpha value is -3.29. The van der Waals surface area contributed by atoms with Gasteiger partial charge in [0.15, 0.2) is 5.82 Å². The van der Waals surface area contributed by atoms with E-state index in [4.69, 9.17) is 11.0 Å². The van der Waals surface area contributed by atoms with Gasteiger partial charge >= 0.3 is 6.18 Å². The molecule has 11 heteroatoms. The summed E-state index contributed by atoms with van der Waals surface area (Å²) >= 11 is 0. The molecule has 0 atom stereocenters. The molecule has 1 aromatic carbocycles. The van der Waals surface area contributed by atoms with Crippen LogP contribution in [0, 0.1) is 21.4 Å². The van der Waals surface area contributed by atoms with Crippen molar-refractivity contribution >= 4 is 17.2 Å². The van der Waals surface area contributed by atoms with E-state index >= 15 is 0 Å². The van der Waals surface area contributed by atoms with Crippen LogP contribution in [0.1, 0.15) is 23.2 Å². The van der Waals surface area contributed by atoms with Gasteiger partial charge < -0.3 is 11.1 Å². The van der Waals surface area contributed by atoms with Crippen molar-refractivity contribution < 1.29 is 18.1 Å². The lowest BCUT2D eigenvalue weighted by molar-refractivity contribution is -0.384. The molecule has 4 N–H and O–H groups in total. The Morgan fingerprint density at radius 2 is 2.16 bits per heavy atom. The maximum Gasteiger partial charge on any atom is 0.416 e. The number of aryl methyl sites for hydroxylation is 1. The molecule has 0 aliphatic carbocycles. The monoisotopic (exact) mass is 354 g/mol. The molecular weight excluding hydrogens is 341 g/mol. The van der Waals surface area contributed by atoms with E-state index in [0.717, 1.165) is 12.1 Å². The minimum Gasteiger partial charge on any atom is -0.381 e. The largest absolute Gasteiger partial charge is 0.416 e. The summed E-state index contributed by atoms with van der Waals surface area (Å²) in [5.74, 6) is 0.0869. The summed E-state index contributed by atoms with van der Waals surface area (Å²) in [5, 5.41) is 29.0. The van der Waals surface area contributed by atoms with Crippen molar-refractivity contribution in [3.05, 3.63) is 45.1 Å². The summed E-state index contributed by atoms with van der Waals surface area (Å²) in [5.41, 5.74) is 4.52. The molecule has 25 heavy (non-hydrogen) atoms. The maximum atomic E-state index is 12.6. The van der Waals surface area contributed by atoms with Crippen LogP contribution in [-0.2, 0) is 12.6 Å². The third kappa shape index (κ3) is 4.17. The smallest absolute Gasteiger partial charge is 0.381 e. The number of halogens is 3. The first kappa shape index (κ1) is 18.1. The maximum absolute atomic E-state index is 12.6. The number of anilines is 2. The Labute approximate surface area is 139 Å². The molecule has 0 spiro atoms. The molecule has 0 aliphatic rings. The van der Waals surface area contributed by atoms with Crippen LogP contribution in [0.3, 0.4) is 0 Å². The van der Waals surface area contributed by atoms with Crippen LogP contribution in [0.4, 0.5) is 30.4 Å². The topological polar surface area (TPSA) is 134 Å². The zero-order valence-electron chi connectivity index (χ0n) is 12.7. The van der Waals surface area contributed by atoms with Crippen LogP contribution < -0.4 is 11.1 Å². The first-order valence-electron chi connectivity index (χ1n) is 7.06. The van der Waals surface area contributed by atoms with Gasteiger partial charge in [-0.15, -0.1) is 0 Å². The van der Waals surface area contributed by atoms with Crippen LogP contribution in [0.5, 0.6) is 0 Å². The van der Waals surface area contributed by atoms with Crippen molar-refractivity contribution in [2.45, 2.75) is 19.0 Å². The number of nitrogens with two attached hydrogens (primary N) is 1. The summed E-state index contributed by atoms with van der Waals surface area (Å²) < 4.78 is 37.9. The number of nitrogens with one attached hydrogen (secondary N) is 2. The molecule has 0 unspecified atom stereocenters. The number of nitrogens with zero attached hydrogens (tertiary/aromatic N) is 3. The second kappa shape index (κ2) is 7.08. The lowest BCUT2D eigenvalue weighted by atomic mass is 10.1. The standard InChI is InChI=1S/C14H13F3N6O2/c15-14(16,17)8-3-4-11(12(6-8)23(24)25)20-5-1-2-10-9(7-18)13(19)22-21-10/h3-4,6,20H,1-2,5H2,(H3,19,21,22). The van der Waals surface area contributed by atoms with Gasteiger partial charge in [0.25, 0.3) is 5.69 Å². The van der Waals surface area contributed by atoms with Crippen molar-refractivity contribution in [1.29, 1.82) is 5.26 Å². The van der Waals surface area contributed by atoms with Crippen LogP contribution in [0.2, 0.25) is 0 Å². The highest BCUT2D eigenvalue weighted by atomic mass is 19.4. The second-order valence-corrected chi connectivity index (χ2v) is 5.09. The van der Waals surface area contributed by atoms with Crippen molar-refractivity contribution in [3.63, 3.8) is 0 Å². The van der Waals surface area contributed by atoms with Gasteiger partial charge in [-0.3, -0.25) is 15.2 Å². The predicted molar refractivity (Wildman–Crippen MR) is 82.6 cm³/mol. The average Bonchev–Trinajstić information content (AvgIpc) is 2.90. The van der Waals surface area contributed by atoms with E-state index in [1.807, 2.05) is 6.07 Å². The van der Waals surface area contributed by atoms with E-state index in [1.165, 1.54) is 0 Å². The van der Waals surface area contributed by atoms with Gasteiger partial charge in [0, 0.05) is 12.6 Å². The lowest BCUT2D eigenvalue weighted by Gasteiger charge is -2.10. The predicted octanol–water partition coefficient (Wildman–Crippen LogP) is 2.84. The zero-order valence-corrected chi connectivity index (χ0v) is 12.7. The Bertz CT molecular complexity index is 825. The Kier molecular flexibility index (Phi) is 5.11. The van der Waals surface area contributed by atoms with E-state index < -0.39 is 22.4 Å². The van der Waals surface area contributed by atoms with Crippen LogP contribution in [-0.4, -0.2) is 21.7 Å². The summed E-state index contributed by atoms with van der Waals surface area (Å²) in [4.78, 5) is 10.1. The quantitative estimate of drug-likeness (QED) is 0.415. The highest BCUT2D eigenvalue weighted by Crippen LogP contribution is 2.34. The van der Waals surface area contributed by atoms with E-state index in [0.29, 0.717) is 24.6 Å². The number of nitro benzene ring substituents is 1. The molecule has 0 saturated heterocycles. The van der Waals surface area contributed by atoms with E-state index in [9.17, 15) is 23.3 Å². The third-order valence-electron chi connectivity index (χ3n) is 3.42. The van der Waals surface area contributed by atoms with Gasteiger partial charge in [-0.05, 0) is 25.0 Å². The number of alkyl halides is 3. The Balaban J connectivity index is 2.03. The minimum atomic E-state index is -4.66. The molecule has 0 amide bonds. The Morgan fingerprint density at radius 1 is 1.44 bits per heavy atom. The fourth-order valence-electron chi connectivity index (χ4n) is 2.20. The first-order chi connectivity index (χ1) is 11.7. The summed E-state index contributed by atoms with van der Waals surface area (Å²) in [6, 6.07) is 4.20. The third-order valence-corrected chi connectivity index (χ3v) is 3.42. The molecule has 0 fully saturated rings. The molecule has 8 nitrogen and oxygen atoms in total. The first-order valence-corrected chi connectivity index (χ1v) is 7.06. The SMILES string of the molecule is N#Cc1c(N)n[nH]c1CCCNc1ccc(C(F)(F)F)cc1[N+](=O)[O-]. The molecule has 1 heterocycles. The van der Waals surface area contributed by atoms with Gasteiger partial charge in [-0.25, -0.2) is 0 Å². The second-order valence-electron chi connectivity index (χ2n) is 5.09. The van der Waals surface area contributed by atoms with Crippen molar-refractivity contribution in [2.75, 3.05) is 17.6 Å². The van der Waals surface area contributed by atoms with E-state index in [1.54, 1.807) is 0 Å². The average molecular weight is 354 g/mol. The fourth-order valence-corrected chi connectivity index (χ4v) is 2.20. The van der Waals surface area contributed by atoms with Crippen LogP contribution >= 0.6 is 0 Å². The normalized spacial score (nSPS) is 11.1. The van der Waals surface area contributed by atoms with Gasteiger partial charge in [-0.1, -0.05) is 0 Å². The lowest BCUT2D eigenvalue weighted by Crippen LogP contribution is -2.09. The highest BCUT2D eigenvalue weighted by Gasteiger charge is 2.32. The molecular formula is C14H13F3N6O2. The number of nitro groups is 1. The van der Waals surface area contributed by atoms with E-state index in [-0.39, 0.29) is 23.6 Å². The molecule has 0 bridgehead atoms. The summed E-state index contributed by atoms with van der Waals surface area (Å²) in [7, 11) is 0. The number of rotatable bonds is 6. The highest BCUT2D eigenvalue weighted by molar-refractivity contribution is 5.63. The van der Waals surface area contributed by atoms with Gasteiger partial charge in [-0.2, -0.15) is 23.5 Å². The van der Waals surface area contributed by atoms with Gasteiger partial charge in [0.1, 0.15) is 17.3 Å². The number of nitrogen functional groups attached to an aromatic ring is 1. The molecule has 1 aromatic heterocycles. The summed E-state index contributed by atoms with van der Waals surface area (Å²) in [6.07, 6.45) is -3.81. The number of nitriles is 1. The molecule has 2 aromatic rings. The number of H-pyrrole nitrogens is 1. The molecule has 132 valence electrons. The van der Waals surface area contributed by atoms with Crippen LogP contribution in [0.25, 0.3) is 0 Å². The number of benzene rings is 1. The summed E-state index contributed by atoms with van der Waals surface area (Å²) in [6.45, 7) is 0.246. The molecule has 0 aliphatic heterocycles. The number of aromatic amines is 1. The van der Waals surface area contributed by atoms with Gasteiger partial charge in [0.2, 0.25) is 0 Å². The van der Waals surface area contributed by atoms with Crippen molar-refractivity contribution in [2.24, 2.45) is 0 Å². The number of aromatic nitrogens is 2. The number of hydrogen-bond acceptors (Lipinski definition) is 6. The van der Waals surface area contributed by atoms with E-state index in [2.05, 4.69) is 15.5 Å². The minimum absolute atomic E-state index is 0.0115. The molecule has 2 rings (SSSR count).